The number of pyridine rings is 1. The Balaban J connectivity index is 1.40. The molecule has 0 amide bonds. The molecule has 3 heteroatoms. The zero-order chi connectivity index (χ0) is 14.5. The molecule has 0 atom stereocenters. The van der Waals surface area contributed by atoms with E-state index in [0.29, 0.717) is 13.0 Å². The molecule has 0 aliphatic heterocycles. The van der Waals surface area contributed by atoms with Crippen LogP contribution >= 0.6 is 0 Å². The Morgan fingerprint density at radius 1 is 1.10 bits per heavy atom. The van der Waals surface area contributed by atoms with E-state index in [9.17, 15) is 4.79 Å². The molecule has 0 bridgehead atoms. The van der Waals surface area contributed by atoms with Crippen molar-refractivity contribution in [3.63, 3.8) is 0 Å². The highest BCUT2D eigenvalue weighted by Gasteiger charge is 2.34. The van der Waals surface area contributed by atoms with Crippen LogP contribution in [0.15, 0.2) is 54.7 Å². The maximum absolute atomic E-state index is 12.1. The molecule has 21 heavy (non-hydrogen) atoms. The monoisotopic (exact) mass is 281 g/mol. The van der Waals surface area contributed by atoms with Crippen LogP contribution in [0.4, 0.5) is 0 Å². The number of rotatable bonds is 6. The highest BCUT2D eigenvalue weighted by Crippen LogP contribution is 2.32. The Hall–Kier alpha value is -2.00. The summed E-state index contributed by atoms with van der Waals surface area (Å²) < 4.78 is 5.83. The summed E-state index contributed by atoms with van der Waals surface area (Å²) in [7, 11) is 0. The van der Waals surface area contributed by atoms with Crippen LogP contribution in [0.1, 0.15) is 24.1 Å². The zero-order valence-electron chi connectivity index (χ0n) is 11.9. The first-order valence-electron chi connectivity index (χ1n) is 7.39. The lowest BCUT2D eigenvalue weighted by Crippen LogP contribution is -2.37. The molecule has 1 aromatic heterocycles. The smallest absolute Gasteiger partial charge is 0.142 e. The van der Waals surface area contributed by atoms with E-state index in [4.69, 9.17) is 4.74 Å². The lowest BCUT2D eigenvalue weighted by Gasteiger charge is -2.34. The topological polar surface area (TPSA) is 39.2 Å². The van der Waals surface area contributed by atoms with Gasteiger partial charge in [-0.05, 0) is 30.5 Å². The Morgan fingerprint density at radius 3 is 2.57 bits per heavy atom. The summed E-state index contributed by atoms with van der Waals surface area (Å²) >= 11 is 0. The number of carbonyl (C=O) groups is 1. The third-order valence-electron chi connectivity index (χ3n) is 3.96. The molecule has 0 N–H and O–H groups in total. The number of nitrogens with zero attached hydrogens (tertiary/aromatic N) is 1. The van der Waals surface area contributed by atoms with Gasteiger partial charge in [-0.15, -0.1) is 0 Å². The van der Waals surface area contributed by atoms with Gasteiger partial charge in [-0.2, -0.15) is 0 Å². The molecule has 2 aromatic rings. The van der Waals surface area contributed by atoms with Crippen molar-refractivity contribution in [1.82, 2.24) is 4.98 Å². The number of carbonyl (C=O) groups excluding carboxylic acids is 1. The second-order valence-electron chi connectivity index (χ2n) is 5.55. The lowest BCUT2D eigenvalue weighted by atomic mass is 9.78. The molecule has 1 aliphatic carbocycles. The molecule has 1 aliphatic rings. The van der Waals surface area contributed by atoms with E-state index in [2.05, 4.69) is 17.1 Å². The van der Waals surface area contributed by atoms with Gasteiger partial charge in [-0.3, -0.25) is 9.78 Å². The first kappa shape index (κ1) is 14.0. The highest BCUT2D eigenvalue weighted by molar-refractivity contribution is 5.83. The minimum atomic E-state index is 0.146. The molecule has 0 spiro atoms. The summed E-state index contributed by atoms with van der Waals surface area (Å²) in [6.07, 6.45) is 4.09. The van der Waals surface area contributed by atoms with Crippen molar-refractivity contribution >= 4 is 5.78 Å². The van der Waals surface area contributed by atoms with Crippen LogP contribution in [0, 0.1) is 5.92 Å². The van der Waals surface area contributed by atoms with E-state index in [1.165, 1.54) is 5.56 Å². The Kier molecular flexibility index (Phi) is 4.41. The van der Waals surface area contributed by atoms with E-state index < -0.39 is 0 Å². The number of benzene rings is 1. The van der Waals surface area contributed by atoms with Gasteiger partial charge in [-0.1, -0.05) is 36.4 Å². The van der Waals surface area contributed by atoms with Crippen LogP contribution in [0.25, 0.3) is 0 Å². The second kappa shape index (κ2) is 6.64. The van der Waals surface area contributed by atoms with Crippen LogP contribution in [0.2, 0.25) is 0 Å². The maximum Gasteiger partial charge on any atom is 0.142 e. The van der Waals surface area contributed by atoms with Crippen molar-refractivity contribution in [2.75, 3.05) is 0 Å². The molecule has 3 nitrogen and oxygen atoms in total. The van der Waals surface area contributed by atoms with Gasteiger partial charge in [0.25, 0.3) is 0 Å². The third kappa shape index (κ3) is 3.76. The fourth-order valence-corrected chi connectivity index (χ4v) is 2.58. The second-order valence-corrected chi connectivity index (χ2v) is 5.55. The van der Waals surface area contributed by atoms with Crippen molar-refractivity contribution < 1.29 is 9.53 Å². The van der Waals surface area contributed by atoms with E-state index in [-0.39, 0.29) is 17.8 Å². The predicted octanol–water partition coefficient (Wildman–Crippen LogP) is 3.19. The molecule has 3 rings (SSSR count). The van der Waals surface area contributed by atoms with Crippen LogP contribution in [0.5, 0.6) is 0 Å². The quantitative estimate of drug-likeness (QED) is 0.816. The van der Waals surface area contributed by atoms with Gasteiger partial charge in [0.05, 0.1) is 12.7 Å². The summed E-state index contributed by atoms with van der Waals surface area (Å²) in [6, 6.07) is 15.8. The van der Waals surface area contributed by atoms with E-state index in [0.717, 1.165) is 18.5 Å². The Labute approximate surface area is 125 Å². The number of hydrogen-bond acceptors (Lipinski definition) is 3. The number of hydrogen-bond donors (Lipinski definition) is 0. The molecule has 1 aromatic carbocycles. The van der Waals surface area contributed by atoms with Gasteiger partial charge in [0.15, 0.2) is 0 Å². The molecule has 1 saturated carbocycles. The minimum Gasteiger partial charge on any atom is -0.373 e. The SMILES string of the molecule is O=C(Cc1ccccn1)C1CC(OCc2ccccc2)C1. The van der Waals surface area contributed by atoms with Crippen molar-refractivity contribution in [3.05, 3.63) is 66.0 Å². The van der Waals surface area contributed by atoms with Gasteiger partial charge < -0.3 is 4.74 Å². The summed E-state index contributed by atoms with van der Waals surface area (Å²) in [5, 5.41) is 0. The van der Waals surface area contributed by atoms with Crippen molar-refractivity contribution in [1.29, 1.82) is 0 Å². The number of ketones is 1. The molecule has 0 unspecified atom stereocenters. The molecular formula is C18H19NO2. The van der Waals surface area contributed by atoms with E-state index >= 15 is 0 Å². The molecule has 1 fully saturated rings. The minimum absolute atomic E-state index is 0.146. The predicted molar refractivity (Wildman–Crippen MR) is 80.7 cm³/mol. The molecule has 0 saturated heterocycles. The molecular weight excluding hydrogens is 262 g/mol. The standard InChI is InChI=1S/C18H19NO2/c20-18(12-16-8-4-5-9-19-16)15-10-17(11-15)21-13-14-6-2-1-3-7-14/h1-9,15,17H,10-13H2. The maximum atomic E-state index is 12.1. The molecule has 108 valence electrons. The normalized spacial score (nSPS) is 20.8. The van der Waals surface area contributed by atoms with Crippen LogP contribution < -0.4 is 0 Å². The summed E-state index contributed by atoms with van der Waals surface area (Å²) in [6.45, 7) is 0.632. The van der Waals surface area contributed by atoms with Crippen LogP contribution in [0.3, 0.4) is 0 Å². The zero-order valence-corrected chi connectivity index (χ0v) is 11.9. The van der Waals surface area contributed by atoms with E-state index in [1.807, 2.05) is 36.4 Å². The fraction of sp³-hybridized carbons (Fsp3) is 0.333. The van der Waals surface area contributed by atoms with Crippen molar-refractivity contribution in [2.24, 2.45) is 5.92 Å². The summed E-state index contributed by atoms with van der Waals surface area (Å²) in [5.41, 5.74) is 2.04. The van der Waals surface area contributed by atoms with Gasteiger partial charge in [0, 0.05) is 24.2 Å². The highest BCUT2D eigenvalue weighted by atomic mass is 16.5. The van der Waals surface area contributed by atoms with Gasteiger partial charge in [-0.25, -0.2) is 0 Å². The molecule has 1 heterocycles. The van der Waals surface area contributed by atoms with Crippen LogP contribution in [-0.4, -0.2) is 16.9 Å². The fourth-order valence-electron chi connectivity index (χ4n) is 2.58. The van der Waals surface area contributed by atoms with Gasteiger partial charge >= 0.3 is 0 Å². The molecule has 0 radical (unpaired) electrons. The largest absolute Gasteiger partial charge is 0.373 e. The first-order chi connectivity index (χ1) is 10.3. The van der Waals surface area contributed by atoms with Crippen molar-refractivity contribution in [3.8, 4) is 0 Å². The Morgan fingerprint density at radius 2 is 1.86 bits per heavy atom. The van der Waals surface area contributed by atoms with Gasteiger partial charge in [0.1, 0.15) is 5.78 Å². The van der Waals surface area contributed by atoms with E-state index in [1.54, 1.807) is 6.20 Å². The number of aromatic nitrogens is 1. The number of ether oxygens (including phenoxy) is 1. The number of Topliss-reactive ketones (excluding diaryl/α,β-unsaturated/α-hetero) is 1. The third-order valence-corrected chi connectivity index (χ3v) is 3.96. The van der Waals surface area contributed by atoms with Gasteiger partial charge in [0.2, 0.25) is 0 Å². The summed E-state index contributed by atoms with van der Waals surface area (Å²) in [4.78, 5) is 16.3. The van der Waals surface area contributed by atoms with Crippen molar-refractivity contribution in [2.45, 2.75) is 32.0 Å². The average Bonchev–Trinajstić information content (AvgIpc) is 2.47. The lowest BCUT2D eigenvalue weighted by molar-refractivity contribution is -0.131. The average molecular weight is 281 g/mol. The Bertz CT molecular complexity index is 577. The van der Waals surface area contributed by atoms with Crippen LogP contribution in [-0.2, 0) is 22.6 Å². The first-order valence-corrected chi connectivity index (χ1v) is 7.39. The summed E-state index contributed by atoms with van der Waals surface area (Å²) in [5.74, 6) is 0.432.